The lowest BCUT2D eigenvalue weighted by Gasteiger charge is -2.26. The van der Waals surface area contributed by atoms with Gasteiger partial charge in [0.15, 0.2) is 5.82 Å². The quantitative estimate of drug-likeness (QED) is 0.542. The van der Waals surface area contributed by atoms with Gasteiger partial charge in [0.05, 0.1) is 10.9 Å². The summed E-state index contributed by atoms with van der Waals surface area (Å²) >= 11 is 1.47. The van der Waals surface area contributed by atoms with E-state index in [1.54, 1.807) is 12.1 Å². The summed E-state index contributed by atoms with van der Waals surface area (Å²) in [4.78, 5) is 15.1. The maximum absolute atomic E-state index is 12.0. The standard InChI is InChI=1S/C20H18N4O2S/c1-13(23(20(25)26)16-11-7-4-8-12-16)17-14(2)24-18(21-22-19(24)27-17)15-9-5-3-6-10-15/h3-13H,1-2H3,(H,25,26). The Morgan fingerprint density at radius 1 is 1.07 bits per heavy atom. The summed E-state index contributed by atoms with van der Waals surface area (Å²) in [6.45, 7) is 3.88. The van der Waals surface area contributed by atoms with Crippen LogP contribution in [0.3, 0.4) is 0 Å². The highest BCUT2D eigenvalue weighted by molar-refractivity contribution is 7.17. The first-order valence-corrected chi connectivity index (χ1v) is 9.36. The minimum atomic E-state index is -0.986. The molecule has 27 heavy (non-hydrogen) atoms. The van der Waals surface area contributed by atoms with Crippen molar-refractivity contribution in [2.24, 2.45) is 0 Å². The number of nitrogens with zero attached hydrogens (tertiary/aromatic N) is 4. The van der Waals surface area contributed by atoms with Gasteiger partial charge in [-0.25, -0.2) is 4.79 Å². The number of benzene rings is 2. The molecule has 2 heterocycles. The highest BCUT2D eigenvalue weighted by Crippen LogP contribution is 2.36. The Kier molecular flexibility index (Phi) is 4.37. The van der Waals surface area contributed by atoms with Gasteiger partial charge in [-0.1, -0.05) is 59.9 Å². The average Bonchev–Trinajstić information content (AvgIpc) is 3.24. The highest BCUT2D eigenvalue weighted by atomic mass is 32.1. The summed E-state index contributed by atoms with van der Waals surface area (Å²) in [5.74, 6) is 0.763. The monoisotopic (exact) mass is 378 g/mol. The van der Waals surface area contributed by atoms with Crippen LogP contribution in [0.25, 0.3) is 16.3 Å². The normalized spacial score (nSPS) is 12.2. The fraction of sp³-hybridized carbons (Fsp3) is 0.150. The molecule has 136 valence electrons. The van der Waals surface area contributed by atoms with Gasteiger partial charge in [0, 0.05) is 16.9 Å². The van der Waals surface area contributed by atoms with E-state index in [1.165, 1.54) is 16.2 Å². The number of rotatable bonds is 4. The molecule has 2 aromatic carbocycles. The first-order chi connectivity index (χ1) is 13.1. The summed E-state index contributed by atoms with van der Waals surface area (Å²) < 4.78 is 2.00. The van der Waals surface area contributed by atoms with E-state index in [0.29, 0.717) is 5.69 Å². The highest BCUT2D eigenvalue weighted by Gasteiger charge is 2.27. The van der Waals surface area contributed by atoms with E-state index >= 15 is 0 Å². The number of aryl methyl sites for hydroxylation is 1. The Balaban J connectivity index is 1.81. The minimum Gasteiger partial charge on any atom is -0.465 e. The van der Waals surface area contributed by atoms with Crippen LogP contribution >= 0.6 is 11.3 Å². The third kappa shape index (κ3) is 2.96. The molecular weight excluding hydrogens is 360 g/mol. The lowest BCUT2D eigenvalue weighted by atomic mass is 10.1. The smallest absolute Gasteiger partial charge is 0.412 e. The molecule has 0 spiro atoms. The van der Waals surface area contributed by atoms with E-state index in [0.717, 1.165) is 26.9 Å². The zero-order valence-corrected chi connectivity index (χ0v) is 15.7. The molecular formula is C20H18N4O2S. The predicted octanol–water partition coefficient (Wildman–Crippen LogP) is 5.01. The first kappa shape index (κ1) is 17.2. The fourth-order valence-corrected chi connectivity index (χ4v) is 4.40. The lowest BCUT2D eigenvalue weighted by molar-refractivity contribution is 0.199. The summed E-state index contributed by atoms with van der Waals surface area (Å²) in [5, 5.41) is 18.4. The number of fused-ring (bicyclic) bond motifs is 1. The van der Waals surface area contributed by atoms with E-state index in [9.17, 15) is 9.90 Å². The number of hydrogen-bond acceptors (Lipinski definition) is 4. The van der Waals surface area contributed by atoms with Gasteiger partial charge in [0.1, 0.15) is 0 Å². The van der Waals surface area contributed by atoms with E-state index in [2.05, 4.69) is 10.2 Å². The Hall–Kier alpha value is -3.19. The summed E-state index contributed by atoms with van der Waals surface area (Å²) in [6, 6.07) is 18.7. The fourth-order valence-electron chi connectivity index (χ4n) is 3.29. The molecule has 1 unspecified atom stereocenters. The topological polar surface area (TPSA) is 70.7 Å². The second-order valence-electron chi connectivity index (χ2n) is 6.22. The van der Waals surface area contributed by atoms with Crippen LogP contribution in [0.15, 0.2) is 60.7 Å². The van der Waals surface area contributed by atoms with E-state index in [1.807, 2.05) is 66.8 Å². The van der Waals surface area contributed by atoms with Gasteiger partial charge in [-0.15, -0.1) is 10.2 Å². The van der Waals surface area contributed by atoms with Crippen LogP contribution in [-0.4, -0.2) is 25.8 Å². The van der Waals surface area contributed by atoms with Crippen LogP contribution < -0.4 is 4.90 Å². The van der Waals surface area contributed by atoms with Gasteiger partial charge >= 0.3 is 6.09 Å². The average molecular weight is 378 g/mol. The number of para-hydroxylation sites is 1. The van der Waals surface area contributed by atoms with Crippen molar-refractivity contribution in [3.05, 3.63) is 71.2 Å². The first-order valence-electron chi connectivity index (χ1n) is 8.55. The molecule has 4 aromatic rings. The molecule has 0 saturated carbocycles. The molecule has 0 aliphatic heterocycles. The van der Waals surface area contributed by atoms with Crippen molar-refractivity contribution in [3.8, 4) is 11.4 Å². The second-order valence-corrected chi connectivity index (χ2v) is 7.23. The molecule has 0 saturated heterocycles. The summed E-state index contributed by atoms with van der Waals surface area (Å²) in [5.41, 5.74) is 2.57. The number of carbonyl (C=O) groups is 1. The van der Waals surface area contributed by atoms with Crippen LogP contribution in [0, 0.1) is 6.92 Å². The van der Waals surface area contributed by atoms with Crippen molar-refractivity contribution < 1.29 is 9.90 Å². The molecule has 1 atom stereocenters. The van der Waals surface area contributed by atoms with Crippen molar-refractivity contribution in [3.63, 3.8) is 0 Å². The maximum atomic E-state index is 12.0. The minimum absolute atomic E-state index is 0.347. The van der Waals surface area contributed by atoms with Gasteiger partial charge in [-0.05, 0) is 26.0 Å². The van der Waals surface area contributed by atoms with Crippen molar-refractivity contribution in [1.29, 1.82) is 0 Å². The summed E-state index contributed by atoms with van der Waals surface area (Å²) in [6.07, 6.45) is -0.986. The molecule has 0 fully saturated rings. The second kappa shape index (κ2) is 6.85. The van der Waals surface area contributed by atoms with Gasteiger partial charge in [-0.2, -0.15) is 0 Å². The van der Waals surface area contributed by atoms with Crippen LogP contribution in [0.5, 0.6) is 0 Å². The van der Waals surface area contributed by atoms with Crippen molar-refractivity contribution >= 4 is 28.1 Å². The zero-order chi connectivity index (χ0) is 19.0. The van der Waals surface area contributed by atoms with E-state index in [-0.39, 0.29) is 6.04 Å². The Morgan fingerprint density at radius 2 is 1.70 bits per heavy atom. The predicted molar refractivity (Wildman–Crippen MR) is 106 cm³/mol. The molecule has 1 amide bonds. The van der Waals surface area contributed by atoms with Crippen LogP contribution in [-0.2, 0) is 0 Å². The number of anilines is 1. The Labute approximate surface area is 160 Å². The molecule has 7 heteroatoms. The molecule has 0 aliphatic carbocycles. The molecule has 6 nitrogen and oxygen atoms in total. The Bertz CT molecular complexity index is 1090. The maximum Gasteiger partial charge on any atom is 0.412 e. The number of amides is 1. The molecule has 0 aliphatic rings. The largest absolute Gasteiger partial charge is 0.465 e. The van der Waals surface area contributed by atoms with Crippen LogP contribution in [0.4, 0.5) is 10.5 Å². The number of aromatic nitrogens is 3. The Morgan fingerprint density at radius 3 is 2.33 bits per heavy atom. The zero-order valence-electron chi connectivity index (χ0n) is 14.9. The lowest BCUT2D eigenvalue weighted by Crippen LogP contribution is -2.32. The number of hydrogen-bond donors (Lipinski definition) is 1. The van der Waals surface area contributed by atoms with Gasteiger partial charge in [0.2, 0.25) is 4.96 Å². The molecule has 0 radical (unpaired) electrons. The van der Waals surface area contributed by atoms with Crippen LogP contribution in [0.1, 0.15) is 23.5 Å². The van der Waals surface area contributed by atoms with E-state index in [4.69, 9.17) is 0 Å². The number of thiazole rings is 1. The molecule has 0 bridgehead atoms. The van der Waals surface area contributed by atoms with Crippen molar-refractivity contribution in [1.82, 2.24) is 14.6 Å². The number of carboxylic acid groups (broad SMARTS) is 1. The van der Waals surface area contributed by atoms with E-state index < -0.39 is 6.09 Å². The SMILES string of the molecule is Cc1c(C(C)N(C(=O)O)c2ccccc2)sc2nnc(-c3ccccc3)n12. The molecule has 2 aromatic heterocycles. The van der Waals surface area contributed by atoms with Gasteiger partial charge in [-0.3, -0.25) is 9.30 Å². The third-order valence-corrected chi connectivity index (χ3v) is 5.87. The molecule has 1 N–H and O–H groups in total. The van der Waals surface area contributed by atoms with Crippen molar-refractivity contribution in [2.45, 2.75) is 19.9 Å². The summed E-state index contributed by atoms with van der Waals surface area (Å²) in [7, 11) is 0. The molecule has 4 rings (SSSR count). The van der Waals surface area contributed by atoms with Crippen LogP contribution in [0.2, 0.25) is 0 Å². The van der Waals surface area contributed by atoms with Crippen molar-refractivity contribution in [2.75, 3.05) is 4.90 Å². The van der Waals surface area contributed by atoms with Gasteiger partial charge < -0.3 is 5.11 Å². The third-order valence-electron chi connectivity index (χ3n) is 4.57. The van der Waals surface area contributed by atoms with Gasteiger partial charge in [0.25, 0.3) is 0 Å².